The maximum atomic E-state index is 12.0. The maximum absolute atomic E-state index is 12.0. The van der Waals surface area contributed by atoms with E-state index in [1.807, 2.05) is 6.20 Å². The molecule has 1 aromatic rings. The van der Waals surface area contributed by atoms with Gasteiger partial charge < -0.3 is 4.57 Å². The lowest BCUT2D eigenvalue weighted by Gasteiger charge is -2.30. The molecule has 0 spiro atoms. The molecule has 0 aliphatic heterocycles. The van der Waals surface area contributed by atoms with Gasteiger partial charge in [-0.1, -0.05) is 29.8 Å². The Morgan fingerprint density at radius 2 is 1.88 bits per heavy atom. The number of halogens is 3. The standard InChI is InChI=1S/C12H16Br3NO/c1-3-12(4-2,7-13)8-16-6-9(14)5-10(15)11(16)17/h5-6H,3-4,7-8H2,1-2H3. The van der Waals surface area contributed by atoms with Crippen molar-refractivity contribution in [2.75, 3.05) is 5.33 Å². The van der Waals surface area contributed by atoms with Crippen LogP contribution in [0.4, 0.5) is 0 Å². The van der Waals surface area contributed by atoms with Crippen molar-refractivity contribution >= 4 is 47.8 Å². The van der Waals surface area contributed by atoms with E-state index in [0.29, 0.717) is 4.47 Å². The quantitative estimate of drug-likeness (QED) is 0.628. The lowest BCUT2D eigenvalue weighted by Crippen LogP contribution is -2.33. The van der Waals surface area contributed by atoms with Crippen molar-refractivity contribution in [1.29, 1.82) is 0 Å². The number of rotatable bonds is 5. The normalized spacial score (nSPS) is 11.8. The third-order valence-corrected chi connectivity index (χ3v) is 5.49. The Morgan fingerprint density at radius 3 is 2.35 bits per heavy atom. The summed E-state index contributed by atoms with van der Waals surface area (Å²) in [5.74, 6) is 0. The summed E-state index contributed by atoms with van der Waals surface area (Å²) in [6.07, 6.45) is 3.95. The van der Waals surface area contributed by atoms with Gasteiger partial charge in [-0.2, -0.15) is 0 Å². The van der Waals surface area contributed by atoms with Gasteiger partial charge in [0.1, 0.15) is 0 Å². The molecule has 2 nitrogen and oxygen atoms in total. The predicted molar refractivity (Wildman–Crippen MR) is 82.9 cm³/mol. The van der Waals surface area contributed by atoms with E-state index in [-0.39, 0.29) is 11.0 Å². The van der Waals surface area contributed by atoms with Crippen LogP contribution in [0.3, 0.4) is 0 Å². The molecular weight excluding hydrogens is 414 g/mol. The van der Waals surface area contributed by atoms with Crippen LogP contribution in [0.1, 0.15) is 26.7 Å². The molecule has 0 aliphatic carbocycles. The summed E-state index contributed by atoms with van der Waals surface area (Å²) in [5, 5.41) is 0.906. The molecule has 0 fully saturated rings. The van der Waals surface area contributed by atoms with E-state index >= 15 is 0 Å². The highest BCUT2D eigenvalue weighted by atomic mass is 79.9. The molecule has 1 aromatic heterocycles. The van der Waals surface area contributed by atoms with Gasteiger partial charge in [0.15, 0.2) is 0 Å². The molecule has 0 aliphatic rings. The topological polar surface area (TPSA) is 22.0 Å². The van der Waals surface area contributed by atoms with Crippen LogP contribution >= 0.6 is 47.8 Å². The lowest BCUT2D eigenvalue weighted by molar-refractivity contribution is 0.256. The highest BCUT2D eigenvalue weighted by Crippen LogP contribution is 2.30. The van der Waals surface area contributed by atoms with Gasteiger partial charge in [0.2, 0.25) is 0 Å². The summed E-state index contributed by atoms with van der Waals surface area (Å²) in [6, 6.07) is 1.78. The molecule has 1 heterocycles. The SMILES string of the molecule is CCC(CC)(CBr)Cn1cc(Br)cc(Br)c1=O. The zero-order valence-corrected chi connectivity index (χ0v) is 14.7. The number of nitrogens with zero attached hydrogens (tertiary/aromatic N) is 1. The third-order valence-electron chi connectivity index (χ3n) is 3.30. The van der Waals surface area contributed by atoms with Crippen LogP contribution in [0.2, 0.25) is 0 Å². The molecule has 0 bridgehead atoms. The van der Waals surface area contributed by atoms with Crippen LogP contribution in [-0.4, -0.2) is 9.90 Å². The van der Waals surface area contributed by atoms with E-state index in [4.69, 9.17) is 0 Å². The minimum absolute atomic E-state index is 0.0282. The summed E-state index contributed by atoms with van der Waals surface area (Å²) in [6.45, 7) is 5.08. The largest absolute Gasteiger partial charge is 0.313 e. The molecule has 96 valence electrons. The molecule has 0 saturated carbocycles. The average Bonchev–Trinajstić information content (AvgIpc) is 2.32. The van der Waals surface area contributed by atoms with E-state index in [0.717, 1.165) is 29.2 Å². The zero-order valence-electron chi connectivity index (χ0n) is 9.97. The fourth-order valence-electron chi connectivity index (χ4n) is 1.75. The van der Waals surface area contributed by atoms with Gasteiger partial charge in [0.05, 0.1) is 4.47 Å². The average molecular weight is 430 g/mol. The number of alkyl halides is 1. The molecule has 0 saturated heterocycles. The Labute approximate surface area is 127 Å². The smallest absolute Gasteiger partial charge is 0.264 e. The molecule has 0 unspecified atom stereocenters. The van der Waals surface area contributed by atoms with Gasteiger partial charge >= 0.3 is 0 Å². The second kappa shape index (κ2) is 6.53. The van der Waals surface area contributed by atoms with Crippen LogP contribution in [0.15, 0.2) is 26.0 Å². The minimum Gasteiger partial charge on any atom is -0.313 e. The van der Waals surface area contributed by atoms with Crippen LogP contribution in [0, 0.1) is 5.41 Å². The number of hydrogen-bond acceptors (Lipinski definition) is 1. The van der Waals surface area contributed by atoms with Crippen LogP contribution in [0.5, 0.6) is 0 Å². The minimum atomic E-state index is 0.0282. The van der Waals surface area contributed by atoms with E-state index in [1.165, 1.54) is 0 Å². The molecule has 0 amide bonds. The van der Waals surface area contributed by atoms with E-state index in [2.05, 4.69) is 61.6 Å². The summed E-state index contributed by atoms with van der Waals surface area (Å²) < 4.78 is 3.30. The Hall–Kier alpha value is 0.390. The first-order valence-electron chi connectivity index (χ1n) is 5.59. The second-order valence-electron chi connectivity index (χ2n) is 4.28. The van der Waals surface area contributed by atoms with Crippen molar-refractivity contribution < 1.29 is 0 Å². The van der Waals surface area contributed by atoms with Crippen LogP contribution in [0.25, 0.3) is 0 Å². The second-order valence-corrected chi connectivity index (χ2v) is 6.61. The fraction of sp³-hybridized carbons (Fsp3) is 0.583. The van der Waals surface area contributed by atoms with Gasteiger partial charge in [-0.15, -0.1) is 0 Å². The molecule has 5 heteroatoms. The van der Waals surface area contributed by atoms with Gasteiger partial charge in [0.25, 0.3) is 5.56 Å². The number of aromatic nitrogens is 1. The summed E-state index contributed by atoms with van der Waals surface area (Å²) in [4.78, 5) is 12.0. The number of hydrogen-bond donors (Lipinski definition) is 0. The summed E-state index contributed by atoms with van der Waals surface area (Å²) in [5.41, 5.74) is 0.171. The highest BCUT2D eigenvalue weighted by Gasteiger charge is 2.26. The van der Waals surface area contributed by atoms with Gasteiger partial charge in [0, 0.05) is 22.5 Å². The summed E-state index contributed by atoms with van der Waals surface area (Å²) in [7, 11) is 0. The van der Waals surface area contributed by atoms with Crippen molar-refractivity contribution in [3.8, 4) is 0 Å². The molecule has 17 heavy (non-hydrogen) atoms. The van der Waals surface area contributed by atoms with Crippen molar-refractivity contribution in [1.82, 2.24) is 4.57 Å². The first-order valence-corrected chi connectivity index (χ1v) is 8.30. The maximum Gasteiger partial charge on any atom is 0.264 e. The van der Waals surface area contributed by atoms with Crippen molar-refractivity contribution in [3.05, 3.63) is 31.6 Å². The summed E-state index contributed by atoms with van der Waals surface area (Å²) >= 11 is 10.3. The molecule has 0 atom stereocenters. The molecule has 1 rings (SSSR count). The highest BCUT2D eigenvalue weighted by molar-refractivity contribution is 9.11. The molecule has 0 N–H and O–H groups in total. The zero-order chi connectivity index (χ0) is 13.1. The Morgan fingerprint density at radius 1 is 1.29 bits per heavy atom. The molecule has 0 radical (unpaired) electrons. The molecular formula is C12H16Br3NO. The Balaban J connectivity index is 3.14. The van der Waals surface area contributed by atoms with E-state index < -0.39 is 0 Å². The van der Waals surface area contributed by atoms with Gasteiger partial charge in [-0.25, -0.2) is 0 Å². The fourth-order valence-corrected chi connectivity index (χ4v) is 3.98. The van der Waals surface area contributed by atoms with Gasteiger partial charge in [-0.3, -0.25) is 4.79 Å². The monoisotopic (exact) mass is 427 g/mol. The van der Waals surface area contributed by atoms with Gasteiger partial charge in [-0.05, 0) is 56.2 Å². The van der Waals surface area contributed by atoms with Crippen molar-refractivity contribution in [3.63, 3.8) is 0 Å². The Kier molecular flexibility index (Phi) is 5.93. The lowest BCUT2D eigenvalue weighted by atomic mass is 9.84. The predicted octanol–water partition coefficient (Wildman–Crippen LogP) is 4.57. The van der Waals surface area contributed by atoms with Crippen molar-refractivity contribution in [2.24, 2.45) is 5.41 Å². The first kappa shape index (κ1) is 15.4. The molecule has 0 aromatic carbocycles. The first-order chi connectivity index (χ1) is 7.98. The van der Waals surface area contributed by atoms with Crippen LogP contribution < -0.4 is 5.56 Å². The number of pyridine rings is 1. The Bertz CT molecular complexity index is 430. The van der Waals surface area contributed by atoms with Crippen molar-refractivity contribution in [2.45, 2.75) is 33.2 Å². The van der Waals surface area contributed by atoms with E-state index in [9.17, 15) is 4.79 Å². The van der Waals surface area contributed by atoms with E-state index in [1.54, 1.807) is 10.6 Å². The van der Waals surface area contributed by atoms with Crippen LogP contribution in [-0.2, 0) is 6.54 Å². The third kappa shape index (κ3) is 3.67.